The van der Waals surface area contributed by atoms with Crippen molar-refractivity contribution in [1.29, 1.82) is 0 Å². The van der Waals surface area contributed by atoms with Crippen LogP contribution in [0.5, 0.6) is 28.7 Å². The van der Waals surface area contributed by atoms with Crippen LogP contribution in [0, 0.1) is 0 Å². The van der Waals surface area contributed by atoms with E-state index in [9.17, 15) is 4.79 Å². The summed E-state index contributed by atoms with van der Waals surface area (Å²) in [6, 6.07) is 8.77. The number of allylic oxidation sites excluding steroid dienone is 1. The highest BCUT2D eigenvalue weighted by molar-refractivity contribution is 7.99. The fourth-order valence-electron chi connectivity index (χ4n) is 3.34. The number of anilines is 1. The average molecular weight is 501 g/mol. The maximum Gasteiger partial charge on any atom is 0.234 e. The van der Waals surface area contributed by atoms with Crippen LogP contribution in [-0.2, 0) is 11.3 Å². The summed E-state index contributed by atoms with van der Waals surface area (Å²) in [6.45, 7) is 4.27. The molecule has 1 amide bonds. The van der Waals surface area contributed by atoms with Crippen molar-refractivity contribution in [3.05, 3.63) is 43.0 Å². The van der Waals surface area contributed by atoms with Crippen molar-refractivity contribution in [3.63, 3.8) is 0 Å². The average Bonchev–Trinajstić information content (AvgIpc) is 3.29. The number of amides is 1. The number of benzene rings is 2. The molecule has 0 spiro atoms. The summed E-state index contributed by atoms with van der Waals surface area (Å²) in [5.41, 5.74) is 1.23. The zero-order valence-electron chi connectivity index (χ0n) is 20.3. The molecule has 3 rings (SSSR count). The lowest BCUT2D eigenvalue weighted by molar-refractivity contribution is -0.113. The van der Waals surface area contributed by atoms with E-state index >= 15 is 0 Å². The molecule has 0 aliphatic rings. The maximum absolute atomic E-state index is 12.7. The fourth-order valence-corrected chi connectivity index (χ4v) is 4.09. The molecule has 10 nitrogen and oxygen atoms in total. The summed E-state index contributed by atoms with van der Waals surface area (Å²) < 4.78 is 28.7. The van der Waals surface area contributed by atoms with E-state index in [0.717, 1.165) is 0 Å². The highest BCUT2D eigenvalue weighted by atomic mass is 32.2. The van der Waals surface area contributed by atoms with E-state index < -0.39 is 0 Å². The fraction of sp³-hybridized carbons (Fsp3) is 0.292. The lowest BCUT2D eigenvalue weighted by Gasteiger charge is -2.14. The molecule has 0 unspecified atom stereocenters. The lowest BCUT2D eigenvalue weighted by Crippen LogP contribution is -2.15. The van der Waals surface area contributed by atoms with Gasteiger partial charge in [-0.2, -0.15) is 0 Å². The first kappa shape index (κ1) is 25.8. The second-order valence-corrected chi connectivity index (χ2v) is 7.97. The lowest BCUT2D eigenvalue weighted by atomic mass is 10.1. The molecule has 0 aliphatic carbocycles. The van der Waals surface area contributed by atoms with Crippen LogP contribution in [0.15, 0.2) is 48.1 Å². The highest BCUT2D eigenvalue weighted by Crippen LogP contribution is 2.41. The van der Waals surface area contributed by atoms with Gasteiger partial charge in [0.05, 0.1) is 47.0 Å². The number of rotatable bonds is 12. The first-order valence-corrected chi connectivity index (χ1v) is 11.5. The number of aromatic nitrogens is 3. The van der Waals surface area contributed by atoms with E-state index in [1.807, 2.05) is 4.57 Å². The Hall–Kier alpha value is -3.86. The smallest absolute Gasteiger partial charge is 0.234 e. The molecule has 0 bridgehead atoms. The largest absolute Gasteiger partial charge is 0.497 e. The van der Waals surface area contributed by atoms with Gasteiger partial charge in [-0.1, -0.05) is 17.8 Å². The number of hydrogen-bond acceptors (Lipinski definition) is 9. The number of nitrogens with one attached hydrogen (secondary N) is 1. The van der Waals surface area contributed by atoms with Crippen molar-refractivity contribution in [2.24, 2.45) is 0 Å². The minimum Gasteiger partial charge on any atom is -0.497 e. The van der Waals surface area contributed by atoms with Crippen molar-refractivity contribution < 1.29 is 28.5 Å². The first-order chi connectivity index (χ1) is 17.0. The second kappa shape index (κ2) is 12.0. The molecule has 0 saturated heterocycles. The van der Waals surface area contributed by atoms with Gasteiger partial charge in [-0.3, -0.25) is 9.36 Å². The van der Waals surface area contributed by atoms with Crippen LogP contribution >= 0.6 is 11.8 Å². The van der Waals surface area contributed by atoms with Crippen LogP contribution in [0.3, 0.4) is 0 Å². The van der Waals surface area contributed by atoms with E-state index in [4.69, 9.17) is 23.7 Å². The van der Waals surface area contributed by atoms with Gasteiger partial charge in [-0.05, 0) is 24.3 Å². The second-order valence-electron chi connectivity index (χ2n) is 7.02. The van der Waals surface area contributed by atoms with Gasteiger partial charge in [-0.15, -0.1) is 16.8 Å². The van der Waals surface area contributed by atoms with E-state index in [-0.39, 0.29) is 11.7 Å². The minimum absolute atomic E-state index is 0.102. The SMILES string of the molecule is C=CCn1c(SCC(=O)Nc2cc(OC)ccc2OC)nnc1-c1cc(OC)c(OC)c(OC)c1. The third kappa shape index (κ3) is 5.80. The number of hydrogen-bond donors (Lipinski definition) is 1. The summed E-state index contributed by atoms with van der Waals surface area (Å²) in [4.78, 5) is 12.7. The molecule has 1 N–H and O–H groups in total. The molecule has 3 aromatic rings. The van der Waals surface area contributed by atoms with Crippen molar-refractivity contribution in [3.8, 4) is 40.1 Å². The zero-order chi connectivity index (χ0) is 25.4. The van der Waals surface area contributed by atoms with Gasteiger partial charge in [0.25, 0.3) is 0 Å². The Balaban J connectivity index is 1.84. The number of thioether (sulfide) groups is 1. The normalized spacial score (nSPS) is 10.4. The molecular weight excluding hydrogens is 472 g/mol. The number of carbonyl (C=O) groups excluding carboxylic acids is 1. The predicted octanol–water partition coefficient (Wildman–Crippen LogP) is 3.90. The summed E-state index contributed by atoms with van der Waals surface area (Å²) in [5.74, 6) is 3.05. The maximum atomic E-state index is 12.7. The third-order valence-electron chi connectivity index (χ3n) is 4.96. The Morgan fingerprint density at radius 1 is 0.971 bits per heavy atom. The molecule has 0 aliphatic heterocycles. The molecular formula is C24H28N4O6S. The quantitative estimate of drug-likeness (QED) is 0.293. The third-order valence-corrected chi connectivity index (χ3v) is 5.93. The summed E-state index contributed by atoms with van der Waals surface area (Å²) in [6.07, 6.45) is 1.73. The zero-order valence-corrected chi connectivity index (χ0v) is 21.1. The Kier molecular flexibility index (Phi) is 8.85. The standard InChI is InChI=1S/C24H28N4O6S/c1-7-10-28-23(15-11-19(32-4)22(34-6)20(12-15)33-5)26-27-24(28)35-14-21(29)25-17-13-16(30-2)8-9-18(17)31-3/h7-9,11-13H,1,10,14H2,2-6H3,(H,25,29). The molecule has 186 valence electrons. The molecule has 0 saturated carbocycles. The van der Waals surface area contributed by atoms with Crippen molar-refractivity contribution >= 4 is 23.4 Å². The topological polar surface area (TPSA) is 106 Å². The van der Waals surface area contributed by atoms with E-state index in [1.165, 1.54) is 18.9 Å². The van der Waals surface area contributed by atoms with Gasteiger partial charge >= 0.3 is 0 Å². The number of methoxy groups -OCH3 is 5. The summed E-state index contributed by atoms with van der Waals surface area (Å²) in [7, 11) is 7.73. The van der Waals surface area contributed by atoms with Crippen LogP contribution in [0.1, 0.15) is 0 Å². The molecule has 1 heterocycles. The molecule has 35 heavy (non-hydrogen) atoms. The van der Waals surface area contributed by atoms with E-state index in [2.05, 4.69) is 22.1 Å². The van der Waals surface area contributed by atoms with Crippen LogP contribution < -0.4 is 29.0 Å². The Morgan fingerprint density at radius 3 is 2.23 bits per heavy atom. The van der Waals surface area contributed by atoms with Gasteiger partial charge in [0.1, 0.15) is 11.5 Å². The Labute approximate surface area is 208 Å². The molecule has 2 aromatic carbocycles. The van der Waals surface area contributed by atoms with Gasteiger partial charge in [-0.25, -0.2) is 0 Å². The summed E-state index contributed by atoms with van der Waals surface area (Å²) >= 11 is 1.25. The van der Waals surface area contributed by atoms with Gasteiger partial charge < -0.3 is 29.0 Å². The summed E-state index contributed by atoms with van der Waals surface area (Å²) in [5, 5.41) is 12.0. The van der Waals surface area contributed by atoms with Gasteiger partial charge in [0.2, 0.25) is 11.7 Å². The van der Waals surface area contributed by atoms with Crippen molar-refractivity contribution in [2.75, 3.05) is 46.6 Å². The number of ether oxygens (including phenoxy) is 5. The minimum atomic E-state index is -0.232. The van der Waals surface area contributed by atoms with Crippen LogP contribution in [0.4, 0.5) is 5.69 Å². The van der Waals surface area contributed by atoms with E-state index in [0.29, 0.717) is 57.5 Å². The van der Waals surface area contributed by atoms with Gasteiger partial charge in [0.15, 0.2) is 22.5 Å². The van der Waals surface area contributed by atoms with Crippen LogP contribution in [0.25, 0.3) is 11.4 Å². The Bertz CT molecular complexity index is 1170. The van der Waals surface area contributed by atoms with Crippen LogP contribution in [0.2, 0.25) is 0 Å². The monoisotopic (exact) mass is 500 g/mol. The molecule has 0 atom stereocenters. The van der Waals surface area contributed by atoms with E-state index in [1.54, 1.807) is 64.8 Å². The molecule has 0 radical (unpaired) electrons. The number of carbonyl (C=O) groups is 1. The van der Waals surface area contributed by atoms with Crippen LogP contribution in [-0.4, -0.2) is 62.0 Å². The highest BCUT2D eigenvalue weighted by Gasteiger charge is 2.20. The molecule has 1 aromatic heterocycles. The molecule has 0 fully saturated rings. The van der Waals surface area contributed by atoms with Gasteiger partial charge in [0, 0.05) is 18.2 Å². The van der Waals surface area contributed by atoms with Crippen molar-refractivity contribution in [1.82, 2.24) is 14.8 Å². The molecule has 11 heteroatoms. The van der Waals surface area contributed by atoms with Crippen molar-refractivity contribution in [2.45, 2.75) is 11.7 Å². The predicted molar refractivity (Wildman–Crippen MR) is 134 cm³/mol. The number of nitrogens with zero attached hydrogens (tertiary/aromatic N) is 3. The Morgan fingerprint density at radius 2 is 1.66 bits per heavy atom. The first-order valence-electron chi connectivity index (χ1n) is 10.5.